The summed E-state index contributed by atoms with van der Waals surface area (Å²) in [6.07, 6.45) is 2.87. The molecule has 2 rings (SSSR count). The van der Waals surface area contributed by atoms with Crippen LogP contribution in [0.15, 0.2) is 58.5 Å². The van der Waals surface area contributed by atoms with E-state index in [2.05, 4.69) is 9.98 Å². The van der Waals surface area contributed by atoms with Gasteiger partial charge in [-0.1, -0.05) is 24.3 Å². The Kier molecular flexibility index (Phi) is 14.5. The SMILES string of the molecule is O=C([O-])[O-].O=C=Nc1ccc(Cc2ccc(N=C=O)cc2)cc1.OCCCCO. The second-order valence-corrected chi connectivity index (χ2v) is 5.32. The molecule has 0 amide bonds. The number of hydrogen-bond donors (Lipinski definition) is 2. The van der Waals surface area contributed by atoms with Gasteiger partial charge in [0.05, 0.1) is 11.4 Å². The number of nitrogens with zero attached hydrogens (tertiary/aromatic N) is 2. The van der Waals surface area contributed by atoms with E-state index in [-0.39, 0.29) is 13.2 Å². The number of carbonyl (C=O) groups excluding carboxylic acids is 3. The first-order valence-corrected chi connectivity index (χ1v) is 8.40. The lowest BCUT2D eigenvalue weighted by atomic mass is 10.0. The number of unbranched alkanes of at least 4 members (excludes halogenated alkanes) is 1. The van der Waals surface area contributed by atoms with E-state index in [1.54, 1.807) is 24.3 Å². The van der Waals surface area contributed by atoms with Gasteiger partial charge < -0.3 is 25.2 Å². The number of carbonyl (C=O) groups is 1. The molecular formula is C20H20N2O7-2. The lowest BCUT2D eigenvalue weighted by Gasteiger charge is -2.02. The van der Waals surface area contributed by atoms with Crippen molar-refractivity contribution in [2.75, 3.05) is 13.2 Å². The van der Waals surface area contributed by atoms with E-state index in [0.29, 0.717) is 11.4 Å². The maximum Gasteiger partial charge on any atom is 0.240 e. The Morgan fingerprint density at radius 1 is 0.759 bits per heavy atom. The van der Waals surface area contributed by atoms with Crippen LogP contribution in [0.25, 0.3) is 0 Å². The lowest BCUT2D eigenvalue weighted by Crippen LogP contribution is -2.37. The van der Waals surface area contributed by atoms with Gasteiger partial charge in [0.1, 0.15) is 0 Å². The molecule has 2 aromatic rings. The van der Waals surface area contributed by atoms with Gasteiger partial charge in [-0.15, -0.1) is 0 Å². The molecule has 9 nitrogen and oxygen atoms in total. The molecule has 0 spiro atoms. The van der Waals surface area contributed by atoms with Gasteiger partial charge in [-0.25, -0.2) is 9.59 Å². The van der Waals surface area contributed by atoms with Crippen molar-refractivity contribution in [3.05, 3.63) is 59.7 Å². The van der Waals surface area contributed by atoms with Crippen LogP contribution >= 0.6 is 0 Å². The number of isocyanates is 2. The third-order valence-electron chi connectivity index (χ3n) is 3.20. The monoisotopic (exact) mass is 400 g/mol. The zero-order valence-electron chi connectivity index (χ0n) is 15.5. The first-order valence-electron chi connectivity index (χ1n) is 8.40. The number of hydrogen-bond acceptors (Lipinski definition) is 9. The number of aliphatic imine (C=N–C) groups is 2. The first kappa shape index (κ1) is 25.4. The van der Waals surface area contributed by atoms with E-state index in [0.717, 1.165) is 30.4 Å². The second-order valence-electron chi connectivity index (χ2n) is 5.32. The minimum absolute atomic E-state index is 0.195. The molecule has 0 atom stereocenters. The number of carboxylic acid groups (broad SMARTS) is 2. The summed E-state index contributed by atoms with van der Waals surface area (Å²) in [6.45, 7) is 0.390. The third-order valence-corrected chi connectivity index (χ3v) is 3.20. The van der Waals surface area contributed by atoms with Crippen molar-refractivity contribution in [3.63, 3.8) is 0 Å². The van der Waals surface area contributed by atoms with Crippen molar-refractivity contribution >= 4 is 29.7 Å². The summed E-state index contributed by atoms with van der Waals surface area (Å²) in [7, 11) is 0. The molecule has 0 aliphatic heterocycles. The molecule has 0 aromatic heterocycles. The zero-order valence-corrected chi connectivity index (χ0v) is 15.5. The molecule has 9 heteroatoms. The Morgan fingerprint density at radius 3 is 1.31 bits per heavy atom. The van der Waals surface area contributed by atoms with Crippen LogP contribution in [0.3, 0.4) is 0 Å². The fourth-order valence-corrected chi connectivity index (χ4v) is 1.94. The summed E-state index contributed by atoms with van der Waals surface area (Å²) < 4.78 is 0. The highest BCUT2D eigenvalue weighted by Gasteiger charge is 1.97. The van der Waals surface area contributed by atoms with Gasteiger partial charge in [0.2, 0.25) is 12.2 Å². The van der Waals surface area contributed by atoms with Gasteiger partial charge in [0, 0.05) is 13.2 Å². The first-order chi connectivity index (χ1) is 14.0. The summed E-state index contributed by atoms with van der Waals surface area (Å²) in [5.41, 5.74) is 3.40. The quantitative estimate of drug-likeness (QED) is 0.388. The average molecular weight is 400 g/mol. The largest absolute Gasteiger partial charge is 0.652 e. The van der Waals surface area contributed by atoms with Crippen LogP contribution in [0, 0.1) is 0 Å². The summed E-state index contributed by atoms with van der Waals surface area (Å²) in [6, 6.07) is 14.7. The van der Waals surface area contributed by atoms with Crippen LogP contribution in [0.4, 0.5) is 16.2 Å². The van der Waals surface area contributed by atoms with Gasteiger partial charge in [-0.2, -0.15) is 9.98 Å². The third kappa shape index (κ3) is 14.2. The van der Waals surface area contributed by atoms with Crippen molar-refractivity contribution in [2.45, 2.75) is 19.3 Å². The van der Waals surface area contributed by atoms with E-state index >= 15 is 0 Å². The molecule has 0 heterocycles. The maximum atomic E-state index is 10.1. The van der Waals surface area contributed by atoms with E-state index in [4.69, 9.17) is 25.2 Å². The average Bonchev–Trinajstić information content (AvgIpc) is 2.70. The summed E-state index contributed by atoms with van der Waals surface area (Å²) in [5, 5.41) is 32.8. The molecule has 0 saturated carbocycles. The van der Waals surface area contributed by atoms with Gasteiger partial charge in [0.25, 0.3) is 0 Å². The normalized spacial score (nSPS) is 8.76. The van der Waals surface area contributed by atoms with E-state index in [1.807, 2.05) is 24.3 Å². The molecule has 2 N–H and O–H groups in total. The Bertz CT molecular complexity index is 740. The Morgan fingerprint density at radius 2 is 1.07 bits per heavy atom. The molecule has 0 aliphatic rings. The van der Waals surface area contributed by atoms with Gasteiger partial charge in [-0.05, 0) is 60.8 Å². The van der Waals surface area contributed by atoms with Crippen LogP contribution in [-0.2, 0) is 16.0 Å². The molecule has 0 bridgehead atoms. The molecule has 0 fully saturated rings. The van der Waals surface area contributed by atoms with Crippen LogP contribution in [-0.4, -0.2) is 41.7 Å². The highest BCUT2D eigenvalue weighted by Crippen LogP contribution is 2.17. The Balaban J connectivity index is 0.000000654. The van der Waals surface area contributed by atoms with Crippen LogP contribution in [0.2, 0.25) is 0 Å². The molecule has 2 aromatic carbocycles. The second kappa shape index (κ2) is 16.6. The zero-order chi connectivity index (χ0) is 21.9. The highest BCUT2D eigenvalue weighted by molar-refractivity contribution is 5.51. The number of benzene rings is 2. The standard InChI is InChI=1S/C15H10N2O2.C4H10O2.CH2O3/c18-10-16-14-5-1-12(2-6-14)9-13-3-7-15(8-4-13)17-11-19;5-3-1-2-4-6;2-1(3)4/h1-8H,9H2;5-6H,1-4H2;(H2,2,3,4)/p-2. The minimum Gasteiger partial charge on any atom is -0.652 e. The smallest absolute Gasteiger partial charge is 0.240 e. The summed E-state index contributed by atoms with van der Waals surface area (Å²) >= 11 is 0. The molecule has 154 valence electrons. The number of aliphatic hydroxyl groups is 2. The maximum absolute atomic E-state index is 10.1. The highest BCUT2D eigenvalue weighted by atomic mass is 16.6. The molecule has 0 aliphatic carbocycles. The fourth-order valence-electron chi connectivity index (χ4n) is 1.94. The lowest BCUT2D eigenvalue weighted by molar-refractivity contribution is -0.415. The fraction of sp³-hybridized carbons (Fsp3) is 0.250. The van der Waals surface area contributed by atoms with Crippen molar-refractivity contribution in [1.29, 1.82) is 0 Å². The molecule has 0 radical (unpaired) electrons. The predicted molar refractivity (Wildman–Crippen MR) is 100 cm³/mol. The van der Waals surface area contributed by atoms with Crippen molar-refractivity contribution < 1.29 is 34.8 Å². The molecule has 29 heavy (non-hydrogen) atoms. The van der Waals surface area contributed by atoms with E-state index < -0.39 is 6.16 Å². The van der Waals surface area contributed by atoms with E-state index in [9.17, 15) is 9.59 Å². The Hall–Kier alpha value is -3.61. The minimum atomic E-state index is -2.33. The molecule has 0 unspecified atom stereocenters. The van der Waals surface area contributed by atoms with Crippen LogP contribution in [0.5, 0.6) is 0 Å². The topological polar surface area (TPSA) is 163 Å². The Labute approximate surface area is 167 Å². The summed E-state index contributed by atoms with van der Waals surface area (Å²) in [4.78, 5) is 35.6. The van der Waals surface area contributed by atoms with Gasteiger partial charge >= 0.3 is 0 Å². The summed E-state index contributed by atoms with van der Waals surface area (Å²) in [5.74, 6) is 0. The predicted octanol–water partition coefficient (Wildman–Crippen LogP) is 0.516. The van der Waals surface area contributed by atoms with Crippen LogP contribution < -0.4 is 10.2 Å². The van der Waals surface area contributed by atoms with Crippen molar-refractivity contribution in [2.24, 2.45) is 9.98 Å². The molecular weight excluding hydrogens is 380 g/mol. The number of aliphatic hydroxyl groups excluding tert-OH is 2. The van der Waals surface area contributed by atoms with Gasteiger partial charge in [-0.3, -0.25) is 0 Å². The van der Waals surface area contributed by atoms with Gasteiger partial charge in [0.15, 0.2) is 0 Å². The molecule has 0 saturated heterocycles. The van der Waals surface area contributed by atoms with Crippen LogP contribution in [0.1, 0.15) is 24.0 Å². The number of rotatable bonds is 7. The van der Waals surface area contributed by atoms with Crippen molar-refractivity contribution in [1.82, 2.24) is 0 Å². The van der Waals surface area contributed by atoms with E-state index in [1.165, 1.54) is 12.2 Å². The van der Waals surface area contributed by atoms with Crippen molar-refractivity contribution in [3.8, 4) is 0 Å².